The summed E-state index contributed by atoms with van der Waals surface area (Å²) in [6, 6.07) is 0.464. The first-order valence-corrected chi connectivity index (χ1v) is 7.47. The number of nitrogens with one attached hydrogen (secondary N) is 1. The molecule has 0 saturated carbocycles. The Kier molecular flexibility index (Phi) is 6.62. The molecule has 5 nitrogen and oxygen atoms in total. The van der Waals surface area contributed by atoms with Crippen molar-refractivity contribution in [3.8, 4) is 0 Å². The van der Waals surface area contributed by atoms with Crippen molar-refractivity contribution in [2.24, 2.45) is 5.41 Å². The molecule has 0 saturated heterocycles. The molecule has 20 heavy (non-hydrogen) atoms. The Labute approximate surface area is 122 Å². The molecule has 1 heterocycles. The first-order valence-electron chi connectivity index (χ1n) is 7.47. The second-order valence-electron chi connectivity index (χ2n) is 6.42. The third kappa shape index (κ3) is 5.21. The van der Waals surface area contributed by atoms with E-state index in [1.807, 2.05) is 0 Å². The maximum atomic E-state index is 5.50. The fraction of sp³-hybridized carbons (Fsp3) is 0.867. The van der Waals surface area contributed by atoms with Gasteiger partial charge in [0, 0.05) is 19.6 Å². The first kappa shape index (κ1) is 17.1. The topological polar surface area (TPSA) is 60.2 Å². The predicted octanol–water partition coefficient (Wildman–Crippen LogP) is 3.12. The second-order valence-corrected chi connectivity index (χ2v) is 6.42. The van der Waals surface area contributed by atoms with Crippen LogP contribution in [0.15, 0.2) is 4.52 Å². The van der Waals surface area contributed by atoms with Crippen LogP contribution in [-0.2, 0) is 11.2 Å². The van der Waals surface area contributed by atoms with E-state index >= 15 is 0 Å². The van der Waals surface area contributed by atoms with E-state index in [1.54, 1.807) is 7.11 Å². The minimum atomic E-state index is -0.143. The van der Waals surface area contributed by atoms with Crippen LogP contribution in [0.5, 0.6) is 0 Å². The smallest absolute Gasteiger partial charge is 0.226 e. The van der Waals surface area contributed by atoms with E-state index in [1.165, 1.54) is 0 Å². The van der Waals surface area contributed by atoms with Crippen molar-refractivity contribution in [2.45, 2.75) is 66.0 Å². The lowest BCUT2D eigenvalue weighted by molar-refractivity contribution is 0.00718. The zero-order valence-corrected chi connectivity index (χ0v) is 13.7. The highest BCUT2D eigenvalue weighted by Gasteiger charge is 2.30. The maximum absolute atomic E-state index is 5.50. The van der Waals surface area contributed by atoms with Gasteiger partial charge in [0.15, 0.2) is 0 Å². The number of methoxy groups -OCH3 is 1. The van der Waals surface area contributed by atoms with E-state index in [0.717, 1.165) is 25.8 Å². The molecule has 0 radical (unpaired) electrons. The van der Waals surface area contributed by atoms with Crippen molar-refractivity contribution in [3.63, 3.8) is 0 Å². The third-order valence-corrected chi connectivity index (χ3v) is 3.27. The van der Waals surface area contributed by atoms with Gasteiger partial charge in [-0.1, -0.05) is 32.9 Å². The number of aryl methyl sites for hydroxylation is 1. The average molecular weight is 283 g/mol. The van der Waals surface area contributed by atoms with E-state index in [4.69, 9.17) is 9.26 Å². The number of rotatable bonds is 8. The molecule has 1 aromatic heterocycles. The SMILES string of the molecule is CCCNC(C)CCc1nc(C(OC)C(C)(C)C)no1. The van der Waals surface area contributed by atoms with Gasteiger partial charge in [0.2, 0.25) is 11.7 Å². The monoisotopic (exact) mass is 283 g/mol. The summed E-state index contributed by atoms with van der Waals surface area (Å²) in [5.74, 6) is 1.33. The molecule has 0 aliphatic heterocycles. The van der Waals surface area contributed by atoms with Gasteiger partial charge in [-0.05, 0) is 31.7 Å². The minimum Gasteiger partial charge on any atom is -0.373 e. The molecular weight excluding hydrogens is 254 g/mol. The first-order chi connectivity index (χ1) is 9.38. The highest BCUT2D eigenvalue weighted by molar-refractivity contribution is 4.96. The minimum absolute atomic E-state index is 0.0497. The van der Waals surface area contributed by atoms with Crippen LogP contribution in [-0.4, -0.2) is 29.8 Å². The van der Waals surface area contributed by atoms with Crippen LogP contribution in [0.4, 0.5) is 0 Å². The quantitative estimate of drug-likeness (QED) is 0.794. The molecule has 0 fully saturated rings. The van der Waals surface area contributed by atoms with Crippen molar-refractivity contribution in [1.82, 2.24) is 15.5 Å². The van der Waals surface area contributed by atoms with Crippen molar-refractivity contribution >= 4 is 0 Å². The molecule has 0 spiro atoms. The fourth-order valence-electron chi connectivity index (χ4n) is 2.16. The van der Waals surface area contributed by atoms with Gasteiger partial charge in [-0.2, -0.15) is 4.98 Å². The number of ether oxygens (including phenoxy) is 1. The van der Waals surface area contributed by atoms with E-state index in [9.17, 15) is 0 Å². The summed E-state index contributed by atoms with van der Waals surface area (Å²) in [7, 11) is 1.68. The molecule has 0 bridgehead atoms. The molecule has 0 aromatic carbocycles. The van der Waals surface area contributed by atoms with Crippen LogP contribution >= 0.6 is 0 Å². The van der Waals surface area contributed by atoms with E-state index < -0.39 is 0 Å². The van der Waals surface area contributed by atoms with Crippen molar-refractivity contribution in [1.29, 1.82) is 0 Å². The van der Waals surface area contributed by atoms with E-state index in [-0.39, 0.29) is 11.5 Å². The van der Waals surface area contributed by atoms with Gasteiger partial charge >= 0.3 is 0 Å². The van der Waals surface area contributed by atoms with Gasteiger partial charge in [0.1, 0.15) is 6.10 Å². The average Bonchev–Trinajstić information content (AvgIpc) is 2.81. The summed E-state index contributed by atoms with van der Waals surface area (Å²) in [4.78, 5) is 4.47. The number of aromatic nitrogens is 2. The van der Waals surface area contributed by atoms with Crippen molar-refractivity contribution in [2.75, 3.05) is 13.7 Å². The van der Waals surface area contributed by atoms with Crippen LogP contribution in [0.3, 0.4) is 0 Å². The Hall–Kier alpha value is -0.940. The lowest BCUT2D eigenvalue weighted by Gasteiger charge is -2.26. The molecule has 116 valence electrons. The lowest BCUT2D eigenvalue weighted by Crippen LogP contribution is -2.27. The van der Waals surface area contributed by atoms with Crippen LogP contribution in [0.1, 0.15) is 65.3 Å². The summed E-state index contributed by atoms with van der Waals surface area (Å²) in [5.41, 5.74) is -0.0497. The van der Waals surface area contributed by atoms with Crippen LogP contribution in [0.25, 0.3) is 0 Å². The molecule has 1 rings (SSSR count). The highest BCUT2D eigenvalue weighted by atomic mass is 16.5. The van der Waals surface area contributed by atoms with Crippen LogP contribution in [0.2, 0.25) is 0 Å². The standard InChI is InChI=1S/C15H29N3O2/c1-7-10-16-11(2)8-9-12-17-14(18-20-12)13(19-6)15(3,4)5/h11,13,16H,7-10H2,1-6H3. The van der Waals surface area contributed by atoms with E-state index in [0.29, 0.717) is 17.8 Å². The molecule has 2 unspecified atom stereocenters. The van der Waals surface area contributed by atoms with Crippen molar-refractivity contribution < 1.29 is 9.26 Å². The Morgan fingerprint density at radius 1 is 1.35 bits per heavy atom. The molecule has 1 N–H and O–H groups in total. The second kappa shape index (κ2) is 7.74. The predicted molar refractivity (Wildman–Crippen MR) is 79.6 cm³/mol. The molecule has 0 aliphatic rings. The zero-order valence-electron chi connectivity index (χ0n) is 13.7. The zero-order chi connectivity index (χ0) is 15.2. The van der Waals surface area contributed by atoms with Crippen molar-refractivity contribution in [3.05, 3.63) is 11.7 Å². The Morgan fingerprint density at radius 2 is 2.05 bits per heavy atom. The van der Waals surface area contributed by atoms with E-state index in [2.05, 4.69) is 50.1 Å². The Balaban J connectivity index is 2.55. The summed E-state index contributed by atoms with van der Waals surface area (Å²) >= 11 is 0. The van der Waals surface area contributed by atoms with Gasteiger partial charge in [0.25, 0.3) is 0 Å². The molecule has 0 aliphatic carbocycles. The normalized spacial score (nSPS) is 15.3. The van der Waals surface area contributed by atoms with Gasteiger partial charge in [-0.3, -0.25) is 0 Å². The van der Waals surface area contributed by atoms with Gasteiger partial charge in [-0.25, -0.2) is 0 Å². The number of hydrogen-bond donors (Lipinski definition) is 1. The number of nitrogens with zero attached hydrogens (tertiary/aromatic N) is 2. The largest absolute Gasteiger partial charge is 0.373 e. The highest BCUT2D eigenvalue weighted by Crippen LogP contribution is 2.33. The summed E-state index contributed by atoms with van der Waals surface area (Å²) in [6.45, 7) is 11.7. The third-order valence-electron chi connectivity index (χ3n) is 3.27. The summed E-state index contributed by atoms with van der Waals surface area (Å²) < 4.78 is 10.8. The lowest BCUT2D eigenvalue weighted by atomic mass is 9.88. The molecule has 5 heteroatoms. The van der Waals surface area contributed by atoms with Gasteiger partial charge in [0.05, 0.1) is 0 Å². The molecule has 2 atom stereocenters. The summed E-state index contributed by atoms with van der Waals surface area (Å²) in [5, 5.41) is 7.52. The van der Waals surface area contributed by atoms with Crippen LogP contribution < -0.4 is 5.32 Å². The molecular formula is C15H29N3O2. The fourth-order valence-corrected chi connectivity index (χ4v) is 2.16. The number of hydrogen-bond acceptors (Lipinski definition) is 5. The Bertz CT molecular complexity index is 385. The van der Waals surface area contributed by atoms with Crippen LogP contribution in [0, 0.1) is 5.41 Å². The van der Waals surface area contributed by atoms with Gasteiger partial charge < -0.3 is 14.6 Å². The maximum Gasteiger partial charge on any atom is 0.226 e. The summed E-state index contributed by atoms with van der Waals surface area (Å²) in [6.07, 6.45) is 2.80. The Morgan fingerprint density at radius 3 is 2.60 bits per heavy atom. The molecule has 1 aromatic rings. The molecule has 0 amide bonds. The van der Waals surface area contributed by atoms with Gasteiger partial charge in [-0.15, -0.1) is 0 Å².